The lowest BCUT2D eigenvalue weighted by Gasteiger charge is -2.17. The second kappa shape index (κ2) is 4.74. The molecule has 0 saturated carbocycles. The highest BCUT2D eigenvalue weighted by atomic mass is 16.5. The summed E-state index contributed by atoms with van der Waals surface area (Å²) in [6, 6.07) is 5.90. The molecule has 0 spiro atoms. The third-order valence-electron chi connectivity index (χ3n) is 2.77. The van der Waals surface area contributed by atoms with Gasteiger partial charge < -0.3 is 15.2 Å². The second-order valence-electron chi connectivity index (χ2n) is 4.52. The van der Waals surface area contributed by atoms with Gasteiger partial charge in [-0.3, -0.25) is 0 Å². The number of rotatable bonds is 3. The van der Waals surface area contributed by atoms with Gasteiger partial charge >= 0.3 is 0 Å². The van der Waals surface area contributed by atoms with Crippen LogP contribution in [0.25, 0.3) is 0 Å². The normalized spacial score (nSPS) is 20.3. The fourth-order valence-electron chi connectivity index (χ4n) is 2.02. The van der Waals surface area contributed by atoms with Gasteiger partial charge in [0.1, 0.15) is 5.75 Å². The minimum absolute atomic E-state index is 0.169. The molecule has 0 amide bonds. The molecule has 0 aliphatic carbocycles. The Morgan fingerprint density at radius 3 is 2.88 bits per heavy atom. The van der Waals surface area contributed by atoms with Crippen LogP contribution in [0.5, 0.6) is 5.75 Å². The Labute approximate surface area is 96.5 Å². The summed E-state index contributed by atoms with van der Waals surface area (Å²) < 4.78 is 11.2. The van der Waals surface area contributed by atoms with Gasteiger partial charge in [-0.2, -0.15) is 0 Å². The van der Waals surface area contributed by atoms with Crippen LogP contribution in [0.15, 0.2) is 18.2 Å². The van der Waals surface area contributed by atoms with Gasteiger partial charge in [-0.1, -0.05) is 6.07 Å². The third-order valence-corrected chi connectivity index (χ3v) is 2.77. The molecular formula is C13H19NO2. The summed E-state index contributed by atoms with van der Waals surface area (Å²) in [6.07, 6.45) is 1.24. The smallest absolute Gasteiger partial charge is 0.125 e. The Morgan fingerprint density at radius 1 is 1.44 bits per heavy atom. The van der Waals surface area contributed by atoms with E-state index in [4.69, 9.17) is 15.2 Å². The van der Waals surface area contributed by atoms with Crippen LogP contribution in [0.4, 0.5) is 5.69 Å². The van der Waals surface area contributed by atoms with Crippen LogP contribution in [-0.2, 0) is 4.74 Å². The second-order valence-corrected chi connectivity index (χ2v) is 4.52. The first kappa shape index (κ1) is 11.3. The summed E-state index contributed by atoms with van der Waals surface area (Å²) >= 11 is 0. The maximum Gasteiger partial charge on any atom is 0.125 e. The molecule has 1 aliphatic heterocycles. The maximum atomic E-state index is 5.80. The van der Waals surface area contributed by atoms with Crippen molar-refractivity contribution in [3.63, 3.8) is 0 Å². The molecule has 3 nitrogen and oxygen atoms in total. The highest BCUT2D eigenvalue weighted by Crippen LogP contribution is 2.34. The molecule has 1 aromatic carbocycles. The zero-order valence-electron chi connectivity index (χ0n) is 9.90. The predicted molar refractivity (Wildman–Crippen MR) is 64.8 cm³/mol. The van der Waals surface area contributed by atoms with Crippen molar-refractivity contribution in [2.75, 3.05) is 18.9 Å². The molecule has 1 aromatic rings. The summed E-state index contributed by atoms with van der Waals surface area (Å²) in [5.74, 6) is 1.36. The minimum atomic E-state index is 0.169. The van der Waals surface area contributed by atoms with Crippen LogP contribution < -0.4 is 10.5 Å². The van der Waals surface area contributed by atoms with E-state index in [2.05, 4.69) is 6.07 Å². The van der Waals surface area contributed by atoms with E-state index in [9.17, 15) is 0 Å². The van der Waals surface area contributed by atoms with E-state index in [0.717, 1.165) is 31.1 Å². The zero-order valence-corrected chi connectivity index (χ0v) is 9.90. The number of nitrogen functional groups attached to an aromatic ring is 1. The predicted octanol–water partition coefficient (Wildman–Crippen LogP) is 2.56. The molecule has 0 radical (unpaired) electrons. The molecule has 1 fully saturated rings. The first-order chi connectivity index (χ1) is 7.66. The van der Waals surface area contributed by atoms with E-state index in [1.807, 2.05) is 26.0 Å². The van der Waals surface area contributed by atoms with Crippen molar-refractivity contribution in [1.29, 1.82) is 0 Å². The molecule has 1 saturated heterocycles. The van der Waals surface area contributed by atoms with Crippen molar-refractivity contribution >= 4 is 5.69 Å². The van der Waals surface area contributed by atoms with Crippen LogP contribution in [0, 0.1) is 0 Å². The molecule has 1 aliphatic rings. The molecule has 2 rings (SSSR count). The van der Waals surface area contributed by atoms with E-state index in [0.29, 0.717) is 5.92 Å². The number of hydrogen-bond donors (Lipinski definition) is 1. The zero-order chi connectivity index (χ0) is 11.5. The Hall–Kier alpha value is -1.22. The number of ether oxygens (including phenoxy) is 2. The summed E-state index contributed by atoms with van der Waals surface area (Å²) in [5, 5.41) is 0. The largest absolute Gasteiger partial charge is 0.491 e. The lowest BCUT2D eigenvalue weighted by Crippen LogP contribution is -2.10. The summed E-state index contributed by atoms with van der Waals surface area (Å²) in [4.78, 5) is 0. The van der Waals surface area contributed by atoms with Crippen molar-refractivity contribution in [2.24, 2.45) is 0 Å². The summed E-state index contributed by atoms with van der Waals surface area (Å²) in [7, 11) is 0. The highest BCUT2D eigenvalue weighted by Gasteiger charge is 2.21. The molecule has 0 aromatic heterocycles. The quantitative estimate of drug-likeness (QED) is 0.798. The lowest BCUT2D eigenvalue weighted by atomic mass is 9.97. The van der Waals surface area contributed by atoms with Gasteiger partial charge in [-0.15, -0.1) is 0 Å². The fraction of sp³-hybridized carbons (Fsp3) is 0.538. The van der Waals surface area contributed by atoms with Crippen LogP contribution in [-0.4, -0.2) is 19.3 Å². The van der Waals surface area contributed by atoms with Crippen molar-refractivity contribution in [3.8, 4) is 5.75 Å². The van der Waals surface area contributed by atoms with Gasteiger partial charge in [-0.25, -0.2) is 0 Å². The van der Waals surface area contributed by atoms with Crippen LogP contribution in [0.1, 0.15) is 31.7 Å². The topological polar surface area (TPSA) is 44.5 Å². The van der Waals surface area contributed by atoms with Crippen molar-refractivity contribution in [2.45, 2.75) is 32.3 Å². The Morgan fingerprint density at radius 2 is 2.25 bits per heavy atom. The van der Waals surface area contributed by atoms with Crippen molar-refractivity contribution < 1.29 is 9.47 Å². The van der Waals surface area contributed by atoms with E-state index in [1.54, 1.807) is 0 Å². The Balaban J connectivity index is 2.27. The molecule has 1 unspecified atom stereocenters. The first-order valence-corrected chi connectivity index (χ1v) is 5.80. The molecule has 1 atom stereocenters. The molecule has 3 heteroatoms. The highest BCUT2D eigenvalue weighted by molar-refractivity contribution is 5.50. The van der Waals surface area contributed by atoms with E-state index in [-0.39, 0.29) is 6.10 Å². The molecule has 16 heavy (non-hydrogen) atoms. The number of hydrogen-bond acceptors (Lipinski definition) is 3. The van der Waals surface area contributed by atoms with E-state index in [1.165, 1.54) is 5.56 Å². The molecule has 0 bridgehead atoms. The maximum absolute atomic E-state index is 5.80. The Kier molecular flexibility index (Phi) is 3.34. The van der Waals surface area contributed by atoms with Crippen LogP contribution in [0.2, 0.25) is 0 Å². The summed E-state index contributed by atoms with van der Waals surface area (Å²) in [5.41, 5.74) is 7.76. The van der Waals surface area contributed by atoms with Gasteiger partial charge in [0.2, 0.25) is 0 Å². The molecule has 88 valence electrons. The number of anilines is 1. The van der Waals surface area contributed by atoms with Gasteiger partial charge in [-0.05, 0) is 31.9 Å². The molecular weight excluding hydrogens is 202 g/mol. The monoisotopic (exact) mass is 221 g/mol. The Bertz CT molecular complexity index is 357. The number of nitrogens with two attached hydrogens (primary N) is 1. The lowest BCUT2D eigenvalue weighted by molar-refractivity contribution is 0.192. The van der Waals surface area contributed by atoms with Gasteiger partial charge in [0.15, 0.2) is 0 Å². The average Bonchev–Trinajstić information content (AvgIpc) is 2.69. The van der Waals surface area contributed by atoms with E-state index < -0.39 is 0 Å². The third kappa shape index (κ3) is 2.47. The minimum Gasteiger partial charge on any atom is -0.491 e. The SMILES string of the molecule is CC(C)Oc1cc(N)ccc1C1CCOC1. The standard InChI is InChI=1S/C13H19NO2/c1-9(2)16-13-7-11(14)3-4-12(13)10-5-6-15-8-10/h3-4,7,9-10H,5-6,8,14H2,1-2H3. The van der Waals surface area contributed by atoms with Gasteiger partial charge in [0, 0.05) is 24.3 Å². The number of benzene rings is 1. The van der Waals surface area contributed by atoms with Gasteiger partial charge in [0.25, 0.3) is 0 Å². The van der Waals surface area contributed by atoms with Crippen molar-refractivity contribution in [1.82, 2.24) is 0 Å². The van der Waals surface area contributed by atoms with E-state index >= 15 is 0 Å². The molecule has 1 heterocycles. The fourth-order valence-corrected chi connectivity index (χ4v) is 2.02. The van der Waals surface area contributed by atoms with Crippen LogP contribution in [0.3, 0.4) is 0 Å². The van der Waals surface area contributed by atoms with Crippen LogP contribution >= 0.6 is 0 Å². The molecule has 2 N–H and O–H groups in total. The average molecular weight is 221 g/mol. The summed E-state index contributed by atoms with van der Waals surface area (Å²) in [6.45, 7) is 5.69. The first-order valence-electron chi connectivity index (χ1n) is 5.80. The van der Waals surface area contributed by atoms with Gasteiger partial charge in [0.05, 0.1) is 12.7 Å². The van der Waals surface area contributed by atoms with Crippen molar-refractivity contribution in [3.05, 3.63) is 23.8 Å².